The van der Waals surface area contributed by atoms with E-state index in [1.54, 1.807) is 0 Å². The molecule has 0 unspecified atom stereocenters. The van der Waals surface area contributed by atoms with Crippen molar-refractivity contribution >= 4 is 12.1 Å². The van der Waals surface area contributed by atoms with Crippen LogP contribution < -0.4 is 0 Å². The smallest absolute Gasteiger partial charge is 0.272 e. The Morgan fingerprint density at radius 3 is 2.00 bits per heavy atom. The largest absolute Gasteiger partial charge is 0.290 e. The summed E-state index contributed by atoms with van der Waals surface area (Å²) in [6.45, 7) is 3.78. The van der Waals surface area contributed by atoms with E-state index in [2.05, 4.69) is 0 Å². The Morgan fingerprint density at radius 1 is 1.44 bits per heavy atom. The third kappa shape index (κ3) is 2.40. The molecule has 9 heavy (non-hydrogen) atoms. The first-order chi connectivity index (χ1) is 4.26. The highest BCUT2D eigenvalue weighted by Crippen LogP contribution is 2.06. The average molecular weight is 127 g/mol. The lowest BCUT2D eigenvalue weighted by molar-refractivity contribution is -0.116. The fourth-order valence-corrected chi connectivity index (χ4v) is 0.743. The first-order valence-electron chi connectivity index (χ1n) is 3.18. The molecule has 0 aliphatic carbocycles. The van der Waals surface area contributed by atoms with Gasteiger partial charge in [0.25, 0.3) is 6.29 Å². The molecule has 0 bridgehead atoms. The number of hydrogen-bond donors (Lipinski definition) is 0. The van der Waals surface area contributed by atoms with Crippen LogP contribution in [0.3, 0.4) is 0 Å². The van der Waals surface area contributed by atoms with Gasteiger partial charge in [-0.05, 0) is 12.8 Å². The summed E-state index contributed by atoms with van der Waals surface area (Å²) >= 11 is 0. The maximum atomic E-state index is 10.6. The van der Waals surface area contributed by atoms with Gasteiger partial charge in [0.1, 0.15) is 0 Å². The standard InChI is InChI=1S/C7H11O2/c1-3-6(4-2)7(9)5-8/h6H,3-4H2,1-2H3. The van der Waals surface area contributed by atoms with Crippen molar-refractivity contribution in [3.05, 3.63) is 0 Å². The zero-order chi connectivity index (χ0) is 7.28. The topological polar surface area (TPSA) is 34.1 Å². The number of Topliss-reactive ketones (excluding diaryl/α,β-unsaturated/α-hetero) is 1. The molecule has 1 radical (unpaired) electrons. The Bertz CT molecular complexity index is 103. The Labute approximate surface area is 55.3 Å². The normalized spacial score (nSPS) is 9.67. The van der Waals surface area contributed by atoms with Gasteiger partial charge in [-0.3, -0.25) is 9.59 Å². The molecule has 0 aliphatic rings. The van der Waals surface area contributed by atoms with E-state index < -0.39 is 0 Å². The highest BCUT2D eigenvalue weighted by Gasteiger charge is 2.12. The Kier molecular flexibility index (Phi) is 3.93. The molecule has 0 amide bonds. The predicted molar refractivity (Wildman–Crippen MR) is 34.8 cm³/mol. The number of carbonyl (C=O) groups excluding carboxylic acids is 2. The van der Waals surface area contributed by atoms with Crippen molar-refractivity contribution in [2.75, 3.05) is 0 Å². The molecule has 0 N–H and O–H groups in total. The van der Waals surface area contributed by atoms with Gasteiger partial charge in [-0.15, -0.1) is 0 Å². The summed E-state index contributed by atoms with van der Waals surface area (Å²) in [7, 11) is 0. The summed E-state index contributed by atoms with van der Waals surface area (Å²) in [5.41, 5.74) is 0. The zero-order valence-corrected chi connectivity index (χ0v) is 5.81. The van der Waals surface area contributed by atoms with E-state index >= 15 is 0 Å². The highest BCUT2D eigenvalue weighted by molar-refractivity contribution is 6.26. The van der Waals surface area contributed by atoms with Crippen LogP contribution in [0.15, 0.2) is 0 Å². The lowest BCUT2D eigenvalue weighted by Gasteiger charge is -2.02. The fourth-order valence-electron chi connectivity index (χ4n) is 0.743. The van der Waals surface area contributed by atoms with Crippen LogP contribution >= 0.6 is 0 Å². The van der Waals surface area contributed by atoms with Crippen LogP contribution in [-0.4, -0.2) is 12.1 Å². The molecule has 0 aromatic heterocycles. The van der Waals surface area contributed by atoms with Crippen molar-refractivity contribution < 1.29 is 9.59 Å². The molecule has 0 atom stereocenters. The summed E-state index contributed by atoms with van der Waals surface area (Å²) in [4.78, 5) is 20.3. The fraction of sp³-hybridized carbons (Fsp3) is 0.714. The van der Waals surface area contributed by atoms with Gasteiger partial charge in [0.05, 0.1) is 0 Å². The van der Waals surface area contributed by atoms with Gasteiger partial charge in [-0.25, -0.2) is 0 Å². The SMILES string of the molecule is CCC(CC)C(=O)[C]=O. The average Bonchev–Trinajstić information content (AvgIpc) is 1.90. The lowest BCUT2D eigenvalue weighted by Crippen LogP contribution is -2.12. The van der Waals surface area contributed by atoms with E-state index in [1.807, 2.05) is 13.8 Å². The van der Waals surface area contributed by atoms with Crippen molar-refractivity contribution in [2.45, 2.75) is 26.7 Å². The monoisotopic (exact) mass is 127 g/mol. The third-order valence-electron chi connectivity index (χ3n) is 1.46. The van der Waals surface area contributed by atoms with Crippen molar-refractivity contribution in [2.24, 2.45) is 5.92 Å². The van der Waals surface area contributed by atoms with E-state index in [-0.39, 0.29) is 11.7 Å². The van der Waals surface area contributed by atoms with Crippen LogP contribution in [-0.2, 0) is 9.59 Å². The minimum absolute atomic E-state index is 0.0949. The molecule has 0 spiro atoms. The van der Waals surface area contributed by atoms with Crippen molar-refractivity contribution in [3.63, 3.8) is 0 Å². The molecule has 0 saturated heterocycles. The van der Waals surface area contributed by atoms with Crippen molar-refractivity contribution in [3.8, 4) is 0 Å². The van der Waals surface area contributed by atoms with E-state index in [0.29, 0.717) is 0 Å². The van der Waals surface area contributed by atoms with E-state index in [4.69, 9.17) is 0 Å². The first kappa shape index (κ1) is 8.34. The zero-order valence-electron chi connectivity index (χ0n) is 5.81. The summed E-state index contributed by atoms with van der Waals surface area (Å²) < 4.78 is 0. The Morgan fingerprint density at radius 2 is 1.89 bits per heavy atom. The molecule has 51 valence electrons. The molecule has 0 heterocycles. The summed E-state index contributed by atoms with van der Waals surface area (Å²) in [6, 6.07) is 0. The van der Waals surface area contributed by atoms with Gasteiger partial charge in [0.2, 0.25) is 5.78 Å². The second kappa shape index (κ2) is 4.24. The van der Waals surface area contributed by atoms with Crippen molar-refractivity contribution in [1.29, 1.82) is 0 Å². The van der Waals surface area contributed by atoms with Crippen LogP contribution in [0.4, 0.5) is 0 Å². The summed E-state index contributed by atoms with van der Waals surface area (Å²) in [5.74, 6) is -0.484. The summed E-state index contributed by atoms with van der Waals surface area (Å²) in [6.07, 6.45) is 2.86. The second-order valence-electron chi connectivity index (χ2n) is 1.98. The van der Waals surface area contributed by atoms with Gasteiger partial charge < -0.3 is 0 Å². The maximum Gasteiger partial charge on any atom is 0.272 e. The van der Waals surface area contributed by atoms with Crippen LogP contribution in [0.2, 0.25) is 0 Å². The molecule has 0 aliphatic heterocycles. The molecule has 0 saturated carbocycles. The number of rotatable bonds is 4. The number of ketones is 1. The molecular formula is C7H11O2. The minimum atomic E-state index is -0.389. The van der Waals surface area contributed by atoms with E-state index in [9.17, 15) is 9.59 Å². The lowest BCUT2D eigenvalue weighted by atomic mass is 9.99. The Hall–Kier alpha value is -0.660. The molecule has 2 nitrogen and oxygen atoms in total. The minimum Gasteiger partial charge on any atom is -0.290 e. The molecule has 0 aromatic carbocycles. The molecule has 0 aromatic rings. The quantitative estimate of drug-likeness (QED) is 0.530. The second-order valence-corrected chi connectivity index (χ2v) is 1.98. The van der Waals surface area contributed by atoms with Crippen LogP contribution in [0.25, 0.3) is 0 Å². The van der Waals surface area contributed by atoms with Gasteiger partial charge in [-0.1, -0.05) is 13.8 Å². The number of carbonyl (C=O) groups is 1. The molecule has 0 fully saturated rings. The number of hydrogen-bond acceptors (Lipinski definition) is 2. The van der Waals surface area contributed by atoms with Gasteiger partial charge in [0, 0.05) is 5.92 Å². The van der Waals surface area contributed by atoms with Gasteiger partial charge in [0.15, 0.2) is 0 Å². The van der Waals surface area contributed by atoms with Gasteiger partial charge >= 0.3 is 0 Å². The van der Waals surface area contributed by atoms with E-state index in [0.717, 1.165) is 12.8 Å². The third-order valence-corrected chi connectivity index (χ3v) is 1.46. The maximum absolute atomic E-state index is 10.6. The van der Waals surface area contributed by atoms with Crippen LogP contribution in [0, 0.1) is 5.92 Å². The van der Waals surface area contributed by atoms with Crippen LogP contribution in [0.5, 0.6) is 0 Å². The first-order valence-corrected chi connectivity index (χ1v) is 3.18. The highest BCUT2D eigenvalue weighted by atomic mass is 16.2. The summed E-state index contributed by atoms with van der Waals surface area (Å²) in [5, 5.41) is 0. The predicted octanol–water partition coefficient (Wildman–Crippen LogP) is 1.10. The van der Waals surface area contributed by atoms with Gasteiger partial charge in [-0.2, -0.15) is 0 Å². The van der Waals surface area contributed by atoms with Crippen LogP contribution in [0.1, 0.15) is 26.7 Å². The Balaban J connectivity index is 3.78. The van der Waals surface area contributed by atoms with E-state index in [1.165, 1.54) is 6.29 Å². The molecule has 2 heteroatoms. The molecular weight excluding hydrogens is 116 g/mol. The van der Waals surface area contributed by atoms with Crippen molar-refractivity contribution in [1.82, 2.24) is 0 Å². The molecule has 0 rings (SSSR count).